The lowest BCUT2D eigenvalue weighted by Gasteiger charge is -2.18. The number of nitrogens with two attached hydrogens (primary N) is 1. The normalized spacial score (nSPS) is 15.2. The van der Waals surface area contributed by atoms with Gasteiger partial charge in [0, 0.05) is 20.8 Å². The van der Waals surface area contributed by atoms with Gasteiger partial charge in [0.2, 0.25) is 0 Å². The van der Waals surface area contributed by atoms with Gasteiger partial charge in [-0.15, -0.1) is 0 Å². The molecule has 0 aliphatic carbocycles. The van der Waals surface area contributed by atoms with Crippen molar-refractivity contribution in [3.8, 4) is 0 Å². The molecule has 2 atom stereocenters. The lowest BCUT2D eigenvalue weighted by Crippen LogP contribution is -2.36. The number of hydrogen-bond donors (Lipinski definition) is 2. The molecule has 0 bridgehead atoms. The number of rotatable bonds is 10. The van der Waals surface area contributed by atoms with Crippen LogP contribution in [0.1, 0.15) is 19.8 Å². The highest BCUT2D eigenvalue weighted by Gasteiger charge is 2.08. The second-order valence-corrected chi connectivity index (χ2v) is 3.86. The zero-order chi connectivity index (χ0) is 11.5. The summed E-state index contributed by atoms with van der Waals surface area (Å²) in [6, 6.07) is 0. The maximum Gasteiger partial charge on any atom is 0.0928 e. The minimum absolute atomic E-state index is 0.134. The smallest absolute Gasteiger partial charge is 0.0928 e. The summed E-state index contributed by atoms with van der Waals surface area (Å²) in [4.78, 5) is 0. The van der Waals surface area contributed by atoms with Crippen LogP contribution < -0.4 is 11.1 Å². The van der Waals surface area contributed by atoms with Crippen LogP contribution in [0.15, 0.2) is 0 Å². The highest BCUT2D eigenvalue weighted by atomic mass is 16.5. The molecule has 2 unspecified atom stereocenters. The highest BCUT2D eigenvalue weighted by Crippen LogP contribution is 2.02. The van der Waals surface area contributed by atoms with Crippen LogP contribution in [0.3, 0.4) is 0 Å². The van der Waals surface area contributed by atoms with Crippen molar-refractivity contribution in [1.82, 2.24) is 5.32 Å². The zero-order valence-corrected chi connectivity index (χ0v) is 10.3. The van der Waals surface area contributed by atoms with Gasteiger partial charge < -0.3 is 20.5 Å². The number of ether oxygens (including phenoxy) is 2. The number of nitrogens with one attached hydrogen (secondary N) is 1. The average Bonchev–Trinajstić information content (AvgIpc) is 2.26. The van der Waals surface area contributed by atoms with Gasteiger partial charge in [0.15, 0.2) is 0 Å². The summed E-state index contributed by atoms with van der Waals surface area (Å²) in [6.07, 6.45) is 2.51. The van der Waals surface area contributed by atoms with Gasteiger partial charge in [0.25, 0.3) is 0 Å². The first-order chi connectivity index (χ1) is 7.28. The fourth-order valence-corrected chi connectivity index (χ4v) is 1.56. The van der Waals surface area contributed by atoms with Gasteiger partial charge in [-0.1, -0.05) is 13.3 Å². The molecular weight excluding hydrogens is 192 g/mol. The Morgan fingerprint density at radius 3 is 2.47 bits per heavy atom. The first kappa shape index (κ1) is 14.8. The van der Waals surface area contributed by atoms with Crippen LogP contribution in [-0.4, -0.2) is 46.6 Å². The monoisotopic (exact) mass is 218 g/mol. The Morgan fingerprint density at radius 1 is 1.27 bits per heavy atom. The number of hydrogen-bond acceptors (Lipinski definition) is 4. The molecular formula is C11H26N2O2. The van der Waals surface area contributed by atoms with E-state index in [0.29, 0.717) is 12.5 Å². The van der Waals surface area contributed by atoms with Crippen molar-refractivity contribution < 1.29 is 9.47 Å². The van der Waals surface area contributed by atoms with Gasteiger partial charge in [-0.2, -0.15) is 0 Å². The van der Waals surface area contributed by atoms with E-state index in [2.05, 4.69) is 12.2 Å². The molecule has 3 N–H and O–H groups in total. The lowest BCUT2D eigenvalue weighted by atomic mass is 10.0. The lowest BCUT2D eigenvalue weighted by molar-refractivity contribution is 0.0285. The van der Waals surface area contributed by atoms with Gasteiger partial charge in [-0.05, 0) is 25.4 Å². The topological polar surface area (TPSA) is 56.5 Å². The molecule has 0 aromatic carbocycles. The molecule has 0 aromatic rings. The third kappa shape index (κ3) is 7.73. The molecule has 0 heterocycles. The maximum absolute atomic E-state index is 5.67. The summed E-state index contributed by atoms with van der Waals surface area (Å²) >= 11 is 0. The predicted octanol–water partition coefficient (Wildman–Crippen LogP) is 0.612. The van der Waals surface area contributed by atoms with Crippen molar-refractivity contribution in [3.63, 3.8) is 0 Å². The zero-order valence-electron chi connectivity index (χ0n) is 10.3. The molecule has 0 spiro atoms. The van der Waals surface area contributed by atoms with Crippen molar-refractivity contribution in [2.24, 2.45) is 11.7 Å². The highest BCUT2D eigenvalue weighted by molar-refractivity contribution is 4.66. The number of methoxy groups -OCH3 is 2. The van der Waals surface area contributed by atoms with Crippen molar-refractivity contribution in [2.45, 2.75) is 25.9 Å². The van der Waals surface area contributed by atoms with E-state index in [1.807, 2.05) is 0 Å². The Morgan fingerprint density at radius 2 is 2.00 bits per heavy atom. The largest absolute Gasteiger partial charge is 0.382 e. The summed E-state index contributed by atoms with van der Waals surface area (Å²) in [5.74, 6) is 0.579. The summed E-state index contributed by atoms with van der Waals surface area (Å²) in [7, 11) is 3.39. The quantitative estimate of drug-likeness (QED) is 0.564. The first-order valence-electron chi connectivity index (χ1n) is 5.70. The molecule has 0 rings (SSSR count). The van der Waals surface area contributed by atoms with Crippen LogP contribution in [0.2, 0.25) is 0 Å². The van der Waals surface area contributed by atoms with Gasteiger partial charge in [0.1, 0.15) is 0 Å². The van der Waals surface area contributed by atoms with Crippen molar-refractivity contribution in [1.29, 1.82) is 0 Å². The molecule has 4 nitrogen and oxygen atoms in total. The Labute approximate surface area is 93.5 Å². The van der Waals surface area contributed by atoms with Crippen LogP contribution >= 0.6 is 0 Å². The maximum atomic E-state index is 5.67. The van der Waals surface area contributed by atoms with Crippen LogP contribution in [0.5, 0.6) is 0 Å². The van der Waals surface area contributed by atoms with Crippen LogP contribution in [-0.2, 0) is 9.47 Å². The van der Waals surface area contributed by atoms with Crippen LogP contribution in [0.4, 0.5) is 0 Å². The van der Waals surface area contributed by atoms with E-state index in [9.17, 15) is 0 Å². The minimum Gasteiger partial charge on any atom is -0.382 e. The Kier molecular flexibility index (Phi) is 10.3. The van der Waals surface area contributed by atoms with Crippen LogP contribution in [0, 0.1) is 5.92 Å². The summed E-state index contributed by atoms with van der Waals surface area (Å²) in [6.45, 7) is 5.36. The Bertz CT molecular complexity index is 120. The molecule has 0 radical (unpaired) electrons. The van der Waals surface area contributed by atoms with Crippen LogP contribution in [0.25, 0.3) is 0 Å². The van der Waals surface area contributed by atoms with E-state index in [-0.39, 0.29) is 6.10 Å². The van der Waals surface area contributed by atoms with Crippen molar-refractivity contribution >= 4 is 0 Å². The Balaban J connectivity index is 3.55. The fraction of sp³-hybridized carbons (Fsp3) is 1.00. The van der Waals surface area contributed by atoms with E-state index >= 15 is 0 Å². The molecule has 0 aliphatic heterocycles. The third-order valence-electron chi connectivity index (χ3n) is 2.52. The second-order valence-electron chi connectivity index (χ2n) is 3.86. The minimum atomic E-state index is 0.134. The van der Waals surface area contributed by atoms with E-state index in [1.165, 1.54) is 12.8 Å². The second kappa shape index (κ2) is 10.4. The van der Waals surface area contributed by atoms with Crippen molar-refractivity contribution in [3.05, 3.63) is 0 Å². The summed E-state index contributed by atoms with van der Waals surface area (Å²) in [5, 5.41) is 3.37. The average molecular weight is 218 g/mol. The standard InChI is InChI=1S/C11H26N2O2/c1-4-5-10(6-12)7-13-8-11(15-3)9-14-2/h10-11,13H,4-9,12H2,1-3H3. The molecule has 0 saturated carbocycles. The summed E-state index contributed by atoms with van der Waals surface area (Å²) < 4.78 is 10.3. The van der Waals surface area contributed by atoms with E-state index in [1.54, 1.807) is 14.2 Å². The van der Waals surface area contributed by atoms with Gasteiger partial charge in [0.05, 0.1) is 12.7 Å². The molecule has 0 amide bonds. The van der Waals surface area contributed by atoms with Crippen molar-refractivity contribution in [2.75, 3.05) is 40.5 Å². The molecule has 0 aliphatic rings. The SMILES string of the molecule is CCCC(CN)CNCC(COC)OC. The predicted molar refractivity (Wildman–Crippen MR) is 63.0 cm³/mol. The van der Waals surface area contributed by atoms with E-state index in [4.69, 9.17) is 15.2 Å². The fourth-order valence-electron chi connectivity index (χ4n) is 1.56. The van der Waals surface area contributed by atoms with E-state index in [0.717, 1.165) is 19.6 Å². The Hall–Kier alpha value is -0.160. The third-order valence-corrected chi connectivity index (χ3v) is 2.52. The van der Waals surface area contributed by atoms with Gasteiger partial charge in [-0.25, -0.2) is 0 Å². The van der Waals surface area contributed by atoms with Gasteiger partial charge >= 0.3 is 0 Å². The summed E-state index contributed by atoms with van der Waals surface area (Å²) in [5.41, 5.74) is 5.67. The first-order valence-corrected chi connectivity index (χ1v) is 5.70. The molecule has 4 heteroatoms. The molecule has 92 valence electrons. The molecule has 0 fully saturated rings. The molecule has 0 aromatic heterocycles. The molecule has 15 heavy (non-hydrogen) atoms. The molecule has 0 saturated heterocycles. The van der Waals surface area contributed by atoms with Gasteiger partial charge in [-0.3, -0.25) is 0 Å². The van der Waals surface area contributed by atoms with E-state index < -0.39 is 0 Å².